The average Bonchev–Trinajstić information content (AvgIpc) is 3.03. The number of amides is 1. The van der Waals surface area contributed by atoms with Gasteiger partial charge in [0.15, 0.2) is 0 Å². The number of hydrogen-bond acceptors (Lipinski definition) is 2. The lowest BCUT2D eigenvalue weighted by molar-refractivity contribution is -0.126. The van der Waals surface area contributed by atoms with Crippen molar-refractivity contribution in [1.29, 1.82) is 0 Å². The summed E-state index contributed by atoms with van der Waals surface area (Å²) in [5, 5.41) is 6.20. The molecule has 0 saturated carbocycles. The lowest BCUT2D eigenvalue weighted by Crippen LogP contribution is -2.38. The fraction of sp³-hybridized carbons (Fsp3) is 0.533. The van der Waals surface area contributed by atoms with Crippen molar-refractivity contribution in [2.45, 2.75) is 44.3 Å². The van der Waals surface area contributed by atoms with Crippen molar-refractivity contribution in [2.75, 3.05) is 0 Å². The minimum absolute atomic E-state index is 0.0483. The summed E-state index contributed by atoms with van der Waals surface area (Å²) in [5.41, 5.74) is 0.189. The molecular formula is C15H18F2N2O. The molecule has 1 aromatic carbocycles. The van der Waals surface area contributed by atoms with Gasteiger partial charge < -0.3 is 10.6 Å². The molecule has 2 fully saturated rings. The molecule has 0 radical (unpaired) electrons. The highest BCUT2D eigenvalue weighted by Gasteiger charge is 2.42. The van der Waals surface area contributed by atoms with Crippen LogP contribution >= 0.6 is 0 Å². The van der Waals surface area contributed by atoms with Gasteiger partial charge in [-0.25, -0.2) is 8.78 Å². The number of carbonyl (C=O) groups excluding carboxylic acids is 1. The summed E-state index contributed by atoms with van der Waals surface area (Å²) in [6, 6.07) is 3.46. The molecule has 0 aromatic heterocycles. The van der Waals surface area contributed by atoms with Crippen LogP contribution < -0.4 is 10.6 Å². The Balaban J connectivity index is 1.68. The Morgan fingerprint density at radius 2 is 2.20 bits per heavy atom. The van der Waals surface area contributed by atoms with Gasteiger partial charge >= 0.3 is 0 Å². The van der Waals surface area contributed by atoms with Crippen LogP contribution in [-0.4, -0.2) is 18.0 Å². The molecule has 1 aromatic rings. The molecule has 2 aliphatic heterocycles. The number of halogens is 2. The molecule has 20 heavy (non-hydrogen) atoms. The molecule has 2 heterocycles. The number of carbonyl (C=O) groups is 1. The van der Waals surface area contributed by atoms with Gasteiger partial charge in [0.25, 0.3) is 0 Å². The topological polar surface area (TPSA) is 41.1 Å². The van der Waals surface area contributed by atoms with Crippen LogP contribution in [0.15, 0.2) is 18.2 Å². The average molecular weight is 280 g/mol. The monoisotopic (exact) mass is 280 g/mol. The summed E-state index contributed by atoms with van der Waals surface area (Å²) in [4.78, 5) is 12.2. The van der Waals surface area contributed by atoms with Gasteiger partial charge in [0.2, 0.25) is 5.91 Å². The highest BCUT2D eigenvalue weighted by atomic mass is 19.1. The van der Waals surface area contributed by atoms with E-state index in [0.29, 0.717) is 6.04 Å². The Labute approximate surface area is 116 Å². The molecule has 4 unspecified atom stereocenters. The first kappa shape index (κ1) is 13.5. The van der Waals surface area contributed by atoms with Crippen LogP contribution in [0.3, 0.4) is 0 Å². The molecule has 3 rings (SSSR count). The Hall–Kier alpha value is -1.49. The number of hydrogen-bond donors (Lipinski definition) is 2. The third-order valence-corrected chi connectivity index (χ3v) is 4.42. The van der Waals surface area contributed by atoms with Crippen LogP contribution in [0.4, 0.5) is 8.78 Å². The summed E-state index contributed by atoms with van der Waals surface area (Å²) in [5.74, 6) is -1.11. The van der Waals surface area contributed by atoms with E-state index in [9.17, 15) is 13.6 Å². The van der Waals surface area contributed by atoms with E-state index in [1.165, 1.54) is 0 Å². The van der Waals surface area contributed by atoms with Gasteiger partial charge in [-0.2, -0.15) is 0 Å². The molecule has 2 aliphatic rings. The Morgan fingerprint density at radius 1 is 1.40 bits per heavy atom. The molecule has 108 valence electrons. The van der Waals surface area contributed by atoms with Gasteiger partial charge in [-0.3, -0.25) is 4.79 Å². The van der Waals surface area contributed by atoms with Crippen LogP contribution in [-0.2, 0) is 4.79 Å². The molecule has 5 heteroatoms. The highest BCUT2D eigenvalue weighted by Crippen LogP contribution is 2.33. The van der Waals surface area contributed by atoms with E-state index in [1.807, 2.05) is 0 Å². The van der Waals surface area contributed by atoms with Gasteiger partial charge in [0.05, 0.1) is 12.0 Å². The van der Waals surface area contributed by atoms with Crippen molar-refractivity contribution in [1.82, 2.24) is 10.6 Å². The first-order valence-corrected chi connectivity index (χ1v) is 7.06. The van der Waals surface area contributed by atoms with Crippen LogP contribution in [0.25, 0.3) is 0 Å². The quantitative estimate of drug-likeness (QED) is 0.892. The van der Waals surface area contributed by atoms with E-state index in [-0.39, 0.29) is 23.4 Å². The van der Waals surface area contributed by atoms with Crippen molar-refractivity contribution in [3.05, 3.63) is 35.4 Å². The van der Waals surface area contributed by atoms with E-state index in [1.54, 1.807) is 6.92 Å². The highest BCUT2D eigenvalue weighted by molar-refractivity contribution is 5.80. The summed E-state index contributed by atoms with van der Waals surface area (Å²) in [6.45, 7) is 1.68. The normalized spacial score (nSPS) is 29.4. The van der Waals surface area contributed by atoms with Crippen LogP contribution in [0.2, 0.25) is 0 Å². The van der Waals surface area contributed by atoms with Crippen molar-refractivity contribution < 1.29 is 13.6 Å². The second-order valence-corrected chi connectivity index (χ2v) is 5.79. The summed E-state index contributed by atoms with van der Waals surface area (Å²) in [6.07, 6.45) is 2.99. The molecule has 0 aliphatic carbocycles. The number of rotatable bonds is 3. The Kier molecular flexibility index (Phi) is 3.46. The fourth-order valence-corrected chi connectivity index (χ4v) is 3.36. The molecule has 2 bridgehead atoms. The maximum absolute atomic E-state index is 13.7. The smallest absolute Gasteiger partial charge is 0.225 e. The lowest BCUT2D eigenvalue weighted by atomic mass is 9.88. The van der Waals surface area contributed by atoms with Crippen LogP contribution in [0.5, 0.6) is 0 Å². The fourth-order valence-electron chi connectivity index (χ4n) is 3.36. The van der Waals surface area contributed by atoms with Gasteiger partial charge in [-0.15, -0.1) is 0 Å². The second kappa shape index (κ2) is 5.13. The maximum Gasteiger partial charge on any atom is 0.225 e. The zero-order chi connectivity index (χ0) is 14.3. The molecule has 4 atom stereocenters. The minimum atomic E-state index is -0.530. The van der Waals surface area contributed by atoms with E-state index in [0.717, 1.165) is 37.5 Å². The first-order chi connectivity index (χ1) is 9.54. The predicted octanol–water partition coefficient (Wildman–Crippen LogP) is 2.28. The predicted molar refractivity (Wildman–Crippen MR) is 71.0 cm³/mol. The number of fused-ring (bicyclic) bond motifs is 2. The molecule has 3 nitrogen and oxygen atoms in total. The molecule has 2 N–H and O–H groups in total. The van der Waals surface area contributed by atoms with E-state index in [4.69, 9.17) is 0 Å². The summed E-state index contributed by atoms with van der Waals surface area (Å²) >= 11 is 0. The summed E-state index contributed by atoms with van der Waals surface area (Å²) < 4.78 is 26.8. The zero-order valence-electron chi connectivity index (χ0n) is 11.3. The molecule has 2 saturated heterocycles. The number of nitrogens with one attached hydrogen (secondary N) is 2. The third kappa shape index (κ3) is 2.42. The van der Waals surface area contributed by atoms with Gasteiger partial charge in [-0.05, 0) is 44.4 Å². The Morgan fingerprint density at radius 3 is 2.85 bits per heavy atom. The number of benzene rings is 1. The van der Waals surface area contributed by atoms with Crippen molar-refractivity contribution >= 4 is 5.91 Å². The van der Waals surface area contributed by atoms with Gasteiger partial charge in [-0.1, -0.05) is 0 Å². The van der Waals surface area contributed by atoms with Crippen molar-refractivity contribution in [3.8, 4) is 0 Å². The van der Waals surface area contributed by atoms with Crippen LogP contribution in [0, 0.1) is 17.6 Å². The first-order valence-electron chi connectivity index (χ1n) is 7.06. The molecular weight excluding hydrogens is 262 g/mol. The van der Waals surface area contributed by atoms with Gasteiger partial charge in [0.1, 0.15) is 11.6 Å². The zero-order valence-corrected chi connectivity index (χ0v) is 11.3. The lowest BCUT2D eigenvalue weighted by Gasteiger charge is -2.22. The van der Waals surface area contributed by atoms with Crippen molar-refractivity contribution in [2.24, 2.45) is 5.92 Å². The second-order valence-electron chi connectivity index (χ2n) is 5.79. The van der Waals surface area contributed by atoms with E-state index in [2.05, 4.69) is 10.6 Å². The van der Waals surface area contributed by atoms with Gasteiger partial charge in [0, 0.05) is 17.6 Å². The van der Waals surface area contributed by atoms with Crippen molar-refractivity contribution in [3.63, 3.8) is 0 Å². The minimum Gasteiger partial charge on any atom is -0.349 e. The molecule has 1 amide bonds. The molecule has 0 spiro atoms. The van der Waals surface area contributed by atoms with E-state index < -0.39 is 17.7 Å². The summed E-state index contributed by atoms with van der Waals surface area (Å²) in [7, 11) is 0. The SMILES string of the molecule is CC(NC(=O)C1CC2CCC1N2)c1cc(F)ccc1F. The third-order valence-electron chi connectivity index (χ3n) is 4.42. The van der Waals surface area contributed by atoms with E-state index >= 15 is 0 Å². The Bertz CT molecular complexity index is 535. The van der Waals surface area contributed by atoms with Crippen LogP contribution in [0.1, 0.15) is 37.8 Å². The largest absolute Gasteiger partial charge is 0.349 e. The maximum atomic E-state index is 13.7. The standard InChI is InChI=1S/C15H18F2N2O/c1-8(11-6-9(16)2-4-13(11)17)18-15(20)12-7-10-3-5-14(12)19-10/h2,4,6,8,10,12,14,19H,3,5,7H2,1H3,(H,18,20).